The highest BCUT2D eigenvalue weighted by molar-refractivity contribution is 7.33. The minimum Gasteiger partial charge on any atom is -0.367 e. The molecule has 0 saturated heterocycles. The zero-order valence-corrected chi connectivity index (χ0v) is 4.39. The summed E-state index contributed by atoms with van der Waals surface area (Å²) < 4.78 is 4.41. The molecule has 1 aliphatic heterocycles. The van der Waals surface area contributed by atoms with Crippen molar-refractivity contribution >= 4 is 14.2 Å². The Balaban J connectivity index is 2.57. The molecule has 0 bridgehead atoms. The SMILES string of the molecule is NC1=CC=POO1. The molecule has 0 aromatic carbocycles. The normalized spacial score (nSPS) is 20.3. The van der Waals surface area contributed by atoms with Crippen molar-refractivity contribution in [1.29, 1.82) is 0 Å². The van der Waals surface area contributed by atoms with E-state index in [2.05, 4.69) is 9.56 Å². The van der Waals surface area contributed by atoms with Gasteiger partial charge in [0, 0.05) is 6.08 Å². The summed E-state index contributed by atoms with van der Waals surface area (Å²) in [7, 11) is 0.690. The Hall–Kier alpha value is -0.530. The van der Waals surface area contributed by atoms with Crippen molar-refractivity contribution in [3.05, 3.63) is 12.0 Å². The quantitative estimate of drug-likeness (QED) is 0.369. The van der Waals surface area contributed by atoms with Gasteiger partial charge in [-0.2, -0.15) is 0 Å². The summed E-state index contributed by atoms with van der Waals surface area (Å²) >= 11 is 0. The van der Waals surface area contributed by atoms with Crippen molar-refractivity contribution in [2.75, 3.05) is 0 Å². The van der Waals surface area contributed by atoms with Crippen molar-refractivity contribution < 1.29 is 9.56 Å². The second kappa shape index (κ2) is 1.96. The lowest BCUT2D eigenvalue weighted by molar-refractivity contribution is -0.152. The monoisotopic (exact) mass is 117 g/mol. The molecule has 1 aliphatic rings. The highest BCUT2D eigenvalue weighted by Gasteiger charge is 1.91. The third-order valence-electron chi connectivity index (χ3n) is 0.476. The van der Waals surface area contributed by atoms with E-state index in [1.165, 1.54) is 0 Å². The van der Waals surface area contributed by atoms with Gasteiger partial charge in [0.2, 0.25) is 5.88 Å². The molecule has 0 aromatic rings. The first kappa shape index (κ1) is 4.62. The minimum absolute atomic E-state index is 0.304. The molecule has 0 spiro atoms. The molecule has 0 fully saturated rings. The number of rotatable bonds is 0. The molecule has 0 aromatic heterocycles. The van der Waals surface area contributed by atoms with Crippen molar-refractivity contribution in [2.24, 2.45) is 5.73 Å². The molecule has 7 heavy (non-hydrogen) atoms. The van der Waals surface area contributed by atoms with Crippen molar-refractivity contribution in [2.45, 2.75) is 0 Å². The first-order chi connectivity index (χ1) is 3.39. The van der Waals surface area contributed by atoms with Crippen LogP contribution in [0, 0.1) is 0 Å². The summed E-state index contributed by atoms with van der Waals surface area (Å²) in [6.07, 6.45) is 1.64. The second-order valence-corrected chi connectivity index (χ2v) is 1.64. The van der Waals surface area contributed by atoms with Gasteiger partial charge in [0.15, 0.2) is 0 Å². The van der Waals surface area contributed by atoms with E-state index in [0.717, 1.165) is 0 Å². The molecule has 4 heteroatoms. The van der Waals surface area contributed by atoms with E-state index in [4.69, 9.17) is 5.73 Å². The average molecular weight is 117 g/mol. The van der Waals surface area contributed by atoms with E-state index in [1.54, 1.807) is 11.9 Å². The summed E-state index contributed by atoms with van der Waals surface area (Å²) in [5, 5.41) is 0. The molecule has 2 N–H and O–H groups in total. The Labute approximate surface area is 42.5 Å². The van der Waals surface area contributed by atoms with E-state index in [-0.39, 0.29) is 0 Å². The fourth-order valence-electron chi connectivity index (χ4n) is 0.221. The predicted molar refractivity (Wildman–Crippen MR) is 27.4 cm³/mol. The van der Waals surface area contributed by atoms with E-state index < -0.39 is 0 Å². The third-order valence-corrected chi connectivity index (χ3v) is 0.908. The van der Waals surface area contributed by atoms with Crippen LogP contribution in [-0.4, -0.2) is 5.80 Å². The summed E-state index contributed by atoms with van der Waals surface area (Å²) in [6.45, 7) is 0. The van der Waals surface area contributed by atoms with Gasteiger partial charge in [-0.1, -0.05) is 0 Å². The third kappa shape index (κ3) is 1.18. The fourth-order valence-corrected chi connectivity index (χ4v) is 0.608. The maximum atomic E-state index is 5.11. The fraction of sp³-hybridized carbons (Fsp3) is 0. The Morgan fingerprint density at radius 2 is 2.57 bits per heavy atom. The molecule has 38 valence electrons. The van der Waals surface area contributed by atoms with E-state index in [1.807, 2.05) is 0 Å². The minimum atomic E-state index is 0.304. The topological polar surface area (TPSA) is 44.5 Å². The highest BCUT2D eigenvalue weighted by atomic mass is 31.1. The van der Waals surface area contributed by atoms with Gasteiger partial charge in [-0.3, -0.25) is 0 Å². The lowest BCUT2D eigenvalue weighted by Gasteiger charge is -1.99. The van der Waals surface area contributed by atoms with Crippen LogP contribution >= 0.6 is 8.43 Å². The largest absolute Gasteiger partial charge is 0.367 e. The first-order valence-corrected chi connectivity index (χ1v) is 2.60. The van der Waals surface area contributed by atoms with Gasteiger partial charge in [-0.25, -0.2) is 0 Å². The molecule has 0 amide bonds. The molecule has 3 nitrogen and oxygen atoms in total. The van der Waals surface area contributed by atoms with Crippen LogP contribution in [0.1, 0.15) is 0 Å². The molecular formula is C3H4NO2P. The van der Waals surface area contributed by atoms with E-state index >= 15 is 0 Å². The summed E-state index contributed by atoms with van der Waals surface area (Å²) in [5.41, 5.74) is 5.11. The van der Waals surface area contributed by atoms with Gasteiger partial charge in [-0.05, 0) is 5.80 Å². The number of hydrogen-bond acceptors (Lipinski definition) is 3. The number of nitrogens with two attached hydrogens (primary N) is 1. The first-order valence-electron chi connectivity index (χ1n) is 1.72. The van der Waals surface area contributed by atoms with Gasteiger partial charge < -0.3 is 10.6 Å². The van der Waals surface area contributed by atoms with Gasteiger partial charge >= 0.3 is 0 Å². The van der Waals surface area contributed by atoms with Crippen LogP contribution in [-0.2, 0) is 9.56 Å². The van der Waals surface area contributed by atoms with Crippen LogP contribution < -0.4 is 5.73 Å². The van der Waals surface area contributed by atoms with Gasteiger partial charge in [0.05, 0.1) is 0 Å². The van der Waals surface area contributed by atoms with Crippen LogP contribution in [0.25, 0.3) is 0 Å². The van der Waals surface area contributed by atoms with Crippen molar-refractivity contribution in [3.8, 4) is 0 Å². The molecule has 0 aliphatic carbocycles. The Morgan fingerprint density at radius 3 is 2.86 bits per heavy atom. The molecule has 0 unspecified atom stereocenters. The van der Waals surface area contributed by atoms with Crippen molar-refractivity contribution in [3.63, 3.8) is 0 Å². The van der Waals surface area contributed by atoms with E-state index in [0.29, 0.717) is 14.3 Å². The molecule has 0 atom stereocenters. The summed E-state index contributed by atoms with van der Waals surface area (Å²) in [5.74, 6) is 2.05. The van der Waals surface area contributed by atoms with Gasteiger partial charge in [0.1, 0.15) is 8.43 Å². The van der Waals surface area contributed by atoms with Crippen LogP contribution in [0.15, 0.2) is 12.0 Å². The average Bonchev–Trinajstić information content (AvgIpc) is 1.69. The number of hydrogen-bond donors (Lipinski definition) is 1. The van der Waals surface area contributed by atoms with Crippen LogP contribution in [0.5, 0.6) is 0 Å². The maximum Gasteiger partial charge on any atom is 0.229 e. The lowest BCUT2D eigenvalue weighted by atomic mass is 10.7. The smallest absolute Gasteiger partial charge is 0.229 e. The molecule has 1 rings (SSSR count). The molecule has 0 radical (unpaired) electrons. The van der Waals surface area contributed by atoms with Crippen LogP contribution in [0.4, 0.5) is 0 Å². The Morgan fingerprint density at radius 1 is 1.71 bits per heavy atom. The Bertz CT molecular complexity index is 120. The molecule has 0 saturated carbocycles. The van der Waals surface area contributed by atoms with E-state index in [9.17, 15) is 0 Å². The maximum absolute atomic E-state index is 5.11. The molecule has 1 heterocycles. The summed E-state index contributed by atoms with van der Waals surface area (Å²) in [4.78, 5) is 4.37. The summed E-state index contributed by atoms with van der Waals surface area (Å²) in [6, 6.07) is 0. The highest BCUT2D eigenvalue weighted by Crippen LogP contribution is 2.05. The predicted octanol–water partition coefficient (Wildman–Crippen LogP) is 0.412. The standard InChI is InChI=1S/C3H4NO2P/c4-3-1-2-7-6-5-3/h1-2H,4H2. The van der Waals surface area contributed by atoms with Crippen LogP contribution in [0.2, 0.25) is 0 Å². The zero-order chi connectivity index (χ0) is 5.11. The second-order valence-electron chi connectivity index (χ2n) is 0.981. The molecular weight excluding hydrogens is 113 g/mol. The Kier molecular flexibility index (Phi) is 1.29. The lowest BCUT2D eigenvalue weighted by Crippen LogP contribution is -2.02. The number of allylic oxidation sites excluding steroid dienone is 1. The van der Waals surface area contributed by atoms with Crippen molar-refractivity contribution in [1.82, 2.24) is 0 Å². The van der Waals surface area contributed by atoms with Crippen LogP contribution in [0.3, 0.4) is 0 Å². The van der Waals surface area contributed by atoms with Gasteiger partial charge in [-0.15, -0.1) is 4.67 Å². The van der Waals surface area contributed by atoms with Gasteiger partial charge in [0.25, 0.3) is 0 Å². The zero-order valence-electron chi connectivity index (χ0n) is 3.50.